The Labute approximate surface area is 172 Å². The van der Waals surface area contributed by atoms with Crippen molar-refractivity contribution in [3.8, 4) is 11.5 Å². The molecule has 0 unspecified atom stereocenters. The first-order valence-electron chi connectivity index (χ1n) is 6.73. The summed E-state index contributed by atoms with van der Waals surface area (Å²) in [5.41, 5.74) is 1.91. The fourth-order valence-electron chi connectivity index (χ4n) is 2.01. The van der Waals surface area contributed by atoms with Crippen molar-refractivity contribution >= 4 is 78.3 Å². The Balaban J connectivity index is 2.33. The zero-order valence-electron chi connectivity index (χ0n) is 11.8. The average Bonchev–Trinajstić information content (AvgIpc) is 2.54. The van der Waals surface area contributed by atoms with E-state index in [1.165, 1.54) is 0 Å². The summed E-state index contributed by atoms with van der Waals surface area (Å²) >= 11 is 31.9. The molecule has 0 N–H and O–H groups in total. The molecular weight excluding hydrogens is 510 g/mol. The third kappa shape index (κ3) is 4.71. The van der Waals surface area contributed by atoms with Crippen LogP contribution < -0.4 is 4.74 Å². The molecule has 1 nitrogen and oxygen atoms in total. The van der Waals surface area contributed by atoms with Gasteiger partial charge in [0, 0.05) is 10.7 Å². The summed E-state index contributed by atoms with van der Waals surface area (Å²) in [6, 6.07) is 7.34. The topological polar surface area (TPSA) is 9.23 Å². The number of aryl methyl sites for hydroxylation is 2. The minimum Gasteiger partial charge on any atom is -0.454 e. The molecule has 0 heterocycles. The second kappa shape index (κ2) is 9.17. The third-order valence-electron chi connectivity index (χ3n) is 3.20. The van der Waals surface area contributed by atoms with Crippen LogP contribution in [0.15, 0.2) is 24.3 Å². The van der Waals surface area contributed by atoms with E-state index in [4.69, 9.17) is 51.1 Å². The van der Waals surface area contributed by atoms with Gasteiger partial charge in [0.15, 0.2) is 0 Å². The molecule has 0 atom stereocenters. The maximum absolute atomic E-state index is 6.30. The summed E-state index contributed by atoms with van der Waals surface area (Å²) in [7, 11) is 0. The molecule has 0 aliphatic carbocycles. The van der Waals surface area contributed by atoms with E-state index < -0.39 is 0 Å². The van der Waals surface area contributed by atoms with E-state index in [-0.39, 0.29) is 0 Å². The number of rotatable bonds is 6. The predicted octanol–water partition coefficient (Wildman–Crippen LogP) is 7.97. The van der Waals surface area contributed by atoms with E-state index in [0.717, 1.165) is 34.6 Å². The van der Waals surface area contributed by atoms with Gasteiger partial charge in [-0.05, 0) is 36.1 Å². The molecule has 0 spiro atoms. The fraction of sp³-hybridized carbons (Fsp3) is 0.250. The van der Waals surface area contributed by atoms with Gasteiger partial charge >= 0.3 is 0 Å². The van der Waals surface area contributed by atoms with Gasteiger partial charge in [0.25, 0.3) is 0 Å². The smallest absolute Gasteiger partial charge is 0.147 e. The second-order valence-corrected chi connectivity index (χ2v) is 7.78. The van der Waals surface area contributed by atoms with Crippen molar-refractivity contribution in [2.24, 2.45) is 0 Å². The number of alkyl halides is 2. The summed E-state index contributed by atoms with van der Waals surface area (Å²) in [6.45, 7) is 0. The molecule has 0 saturated heterocycles. The normalized spacial score (nSPS) is 10.9. The van der Waals surface area contributed by atoms with E-state index in [2.05, 4.69) is 31.9 Å². The summed E-state index contributed by atoms with van der Waals surface area (Å²) in [5, 5.41) is 3.31. The van der Waals surface area contributed by atoms with Crippen molar-refractivity contribution in [2.45, 2.75) is 12.8 Å². The van der Waals surface area contributed by atoms with E-state index in [1.54, 1.807) is 12.1 Å². The lowest BCUT2D eigenvalue weighted by molar-refractivity contribution is 0.483. The largest absolute Gasteiger partial charge is 0.454 e. The highest BCUT2D eigenvalue weighted by Gasteiger charge is 2.15. The molecule has 2 aromatic rings. The van der Waals surface area contributed by atoms with E-state index >= 15 is 0 Å². The summed E-state index contributed by atoms with van der Waals surface area (Å²) < 4.78 is 5.81. The first-order valence-corrected chi connectivity index (χ1v) is 10.5. The molecule has 2 aromatic carbocycles. The zero-order valence-corrected chi connectivity index (χ0v) is 18.0. The van der Waals surface area contributed by atoms with E-state index in [9.17, 15) is 0 Å². The number of halogens is 6. The zero-order chi connectivity index (χ0) is 17.0. The van der Waals surface area contributed by atoms with Crippen LogP contribution in [0.1, 0.15) is 11.1 Å². The first-order chi connectivity index (χ1) is 11.0. The summed E-state index contributed by atoms with van der Waals surface area (Å²) in [6.07, 6.45) is 1.57. The van der Waals surface area contributed by atoms with Crippen LogP contribution in [0.5, 0.6) is 11.5 Å². The maximum atomic E-state index is 6.30. The first kappa shape index (κ1) is 19.7. The van der Waals surface area contributed by atoms with Crippen LogP contribution >= 0.6 is 78.3 Å². The van der Waals surface area contributed by atoms with E-state index in [0.29, 0.717) is 31.6 Å². The molecule has 23 heavy (non-hydrogen) atoms. The Morgan fingerprint density at radius 3 is 1.39 bits per heavy atom. The quantitative estimate of drug-likeness (QED) is 0.350. The molecule has 0 amide bonds. The lowest BCUT2D eigenvalue weighted by atomic mass is 10.1. The number of benzene rings is 2. The second-order valence-electron chi connectivity index (χ2n) is 4.68. The highest BCUT2D eigenvalue weighted by molar-refractivity contribution is 9.09. The molecule has 7 heteroatoms. The highest BCUT2D eigenvalue weighted by Crippen LogP contribution is 2.41. The number of hydrogen-bond donors (Lipinski definition) is 0. The van der Waals surface area contributed by atoms with Gasteiger partial charge in [-0.3, -0.25) is 0 Å². The van der Waals surface area contributed by atoms with Gasteiger partial charge in [0.2, 0.25) is 0 Å². The number of hydrogen-bond acceptors (Lipinski definition) is 1. The van der Waals surface area contributed by atoms with Gasteiger partial charge in [-0.2, -0.15) is 0 Å². The molecule has 0 bridgehead atoms. The molecule has 0 aliphatic rings. The third-order valence-corrected chi connectivity index (χ3v) is 5.80. The van der Waals surface area contributed by atoms with Gasteiger partial charge in [-0.15, -0.1) is 0 Å². The van der Waals surface area contributed by atoms with Crippen molar-refractivity contribution in [2.75, 3.05) is 10.7 Å². The van der Waals surface area contributed by atoms with Crippen LogP contribution in [0, 0.1) is 0 Å². The van der Waals surface area contributed by atoms with Crippen LogP contribution in [-0.4, -0.2) is 10.7 Å². The van der Waals surface area contributed by atoms with Crippen molar-refractivity contribution in [3.05, 3.63) is 55.5 Å². The lowest BCUT2D eigenvalue weighted by Gasteiger charge is -2.14. The van der Waals surface area contributed by atoms with Crippen LogP contribution in [0.4, 0.5) is 0 Å². The van der Waals surface area contributed by atoms with Crippen LogP contribution in [0.2, 0.25) is 20.1 Å². The summed E-state index contributed by atoms with van der Waals surface area (Å²) in [4.78, 5) is 0. The fourth-order valence-corrected chi connectivity index (χ4v) is 3.81. The molecule has 0 aliphatic heterocycles. The van der Waals surface area contributed by atoms with Crippen LogP contribution in [0.25, 0.3) is 0 Å². The highest BCUT2D eigenvalue weighted by atomic mass is 79.9. The molecule has 0 aromatic heterocycles. The summed E-state index contributed by atoms with van der Waals surface area (Å²) in [5.74, 6) is 0.891. The Kier molecular flexibility index (Phi) is 7.84. The molecule has 0 saturated carbocycles. The maximum Gasteiger partial charge on any atom is 0.147 e. The van der Waals surface area contributed by atoms with Crippen LogP contribution in [-0.2, 0) is 12.8 Å². The van der Waals surface area contributed by atoms with Crippen molar-refractivity contribution in [1.29, 1.82) is 0 Å². The Morgan fingerprint density at radius 2 is 1.04 bits per heavy atom. The van der Waals surface area contributed by atoms with Crippen molar-refractivity contribution in [3.63, 3.8) is 0 Å². The van der Waals surface area contributed by atoms with Crippen molar-refractivity contribution < 1.29 is 4.74 Å². The molecule has 0 radical (unpaired) electrons. The molecule has 2 rings (SSSR count). The molecular formula is C16H12Br2Cl4O. The standard InChI is InChI=1S/C16H12Br2Cl4O/c17-7-5-9-1-3-11(15(21)13(9)19)23-12-4-2-10(6-8-18)14(20)16(12)22/h1-4H,5-8H2. The Morgan fingerprint density at radius 1 is 0.652 bits per heavy atom. The van der Waals surface area contributed by atoms with Gasteiger partial charge in [0.1, 0.15) is 21.5 Å². The molecule has 124 valence electrons. The SMILES string of the molecule is Clc1c(CCBr)ccc(Oc2ccc(CCBr)c(Cl)c2Cl)c1Cl. The van der Waals surface area contributed by atoms with Gasteiger partial charge < -0.3 is 4.74 Å². The van der Waals surface area contributed by atoms with Crippen LogP contribution in [0.3, 0.4) is 0 Å². The Bertz CT molecular complexity index is 647. The predicted molar refractivity (Wildman–Crippen MR) is 108 cm³/mol. The van der Waals surface area contributed by atoms with Gasteiger partial charge in [0.05, 0.1) is 10.0 Å². The van der Waals surface area contributed by atoms with E-state index in [1.807, 2.05) is 12.1 Å². The minimum absolute atomic E-state index is 0.363. The lowest BCUT2D eigenvalue weighted by Crippen LogP contribution is -1.94. The van der Waals surface area contributed by atoms with Gasteiger partial charge in [-0.25, -0.2) is 0 Å². The average molecular weight is 522 g/mol. The number of ether oxygens (including phenoxy) is 1. The van der Waals surface area contributed by atoms with Gasteiger partial charge in [-0.1, -0.05) is 90.4 Å². The Hall–Kier alpha value is 0.360. The monoisotopic (exact) mass is 518 g/mol. The molecule has 0 fully saturated rings. The van der Waals surface area contributed by atoms with Crippen molar-refractivity contribution in [1.82, 2.24) is 0 Å². The minimum atomic E-state index is 0.363.